The number of nitro groups is 1. The van der Waals surface area contributed by atoms with Crippen LogP contribution in [-0.2, 0) is 4.79 Å². The number of anilines is 1. The van der Waals surface area contributed by atoms with Gasteiger partial charge in [0.1, 0.15) is 23.4 Å². The van der Waals surface area contributed by atoms with Crippen LogP contribution >= 0.6 is 23.2 Å². The molecule has 184 valence electrons. The standard InChI is InChI=1S/C28H19Cl2N3O4/c29-23-16-20(33(35)36)17-24(30)26(23)32-27(19-9-3-1-4-10-19)31-25(28(32)34)15-18-8-7-13-22(14-18)37-21-11-5-2-6-12-21/h1-17,27,31H/b25-15-. The highest BCUT2D eigenvalue weighted by Crippen LogP contribution is 2.43. The zero-order chi connectivity index (χ0) is 25.9. The summed E-state index contributed by atoms with van der Waals surface area (Å²) < 4.78 is 5.92. The number of nitro benzene ring substituents is 1. The van der Waals surface area contributed by atoms with Gasteiger partial charge in [0, 0.05) is 12.1 Å². The fourth-order valence-corrected chi connectivity index (χ4v) is 4.73. The lowest BCUT2D eigenvalue weighted by molar-refractivity contribution is -0.384. The lowest BCUT2D eigenvalue weighted by Gasteiger charge is -2.25. The van der Waals surface area contributed by atoms with Crippen molar-refractivity contribution in [2.75, 3.05) is 4.90 Å². The first-order chi connectivity index (χ1) is 17.9. The maximum Gasteiger partial charge on any atom is 0.276 e. The lowest BCUT2D eigenvalue weighted by atomic mass is 10.1. The van der Waals surface area contributed by atoms with Gasteiger partial charge in [-0.3, -0.25) is 19.8 Å². The molecule has 0 radical (unpaired) electrons. The molecule has 0 aromatic heterocycles. The fraction of sp³-hybridized carbons (Fsp3) is 0.0357. The van der Waals surface area contributed by atoms with Crippen molar-refractivity contribution in [1.29, 1.82) is 0 Å². The summed E-state index contributed by atoms with van der Waals surface area (Å²) in [6, 6.07) is 28.4. The highest BCUT2D eigenvalue weighted by Gasteiger charge is 2.39. The molecule has 1 aliphatic heterocycles. The molecule has 1 fully saturated rings. The van der Waals surface area contributed by atoms with Gasteiger partial charge in [-0.05, 0) is 41.5 Å². The van der Waals surface area contributed by atoms with Gasteiger partial charge in [0.05, 0.1) is 20.7 Å². The van der Waals surface area contributed by atoms with Gasteiger partial charge in [-0.15, -0.1) is 0 Å². The molecule has 1 atom stereocenters. The summed E-state index contributed by atoms with van der Waals surface area (Å²) in [6.07, 6.45) is 1.07. The fourth-order valence-electron chi connectivity index (χ4n) is 4.07. The van der Waals surface area contributed by atoms with Gasteiger partial charge in [-0.25, -0.2) is 0 Å². The van der Waals surface area contributed by atoms with Gasteiger partial charge in [-0.2, -0.15) is 0 Å². The van der Waals surface area contributed by atoms with E-state index in [4.69, 9.17) is 27.9 Å². The van der Waals surface area contributed by atoms with Crippen LogP contribution < -0.4 is 15.0 Å². The molecule has 0 bridgehead atoms. The molecule has 5 rings (SSSR count). The van der Waals surface area contributed by atoms with Crippen LogP contribution in [0.4, 0.5) is 11.4 Å². The minimum absolute atomic E-state index is 0.00482. The van der Waals surface area contributed by atoms with Crippen molar-refractivity contribution in [3.8, 4) is 11.5 Å². The zero-order valence-electron chi connectivity index (χ0n) is 19.2. The molecule has 4 aromatic carbocycles. The number of carbonyl (C=O) groups excluding carboxylic acids is 1. The molecular weight excluding hydrogens is 513 g/mol. The molecule has 7 nitrogen and oxygen atoms in total. The highest BCUT2D eigenvalue weighted by molar-refractivity contribution is 6.40. The van der Waals surface area contributed by atoms with Gasteiger partial charge in [-0.1, -0.05) is 83.9 Å². The Kier molecular flexibility index (Phi) is 6.81. The van der Waals surface area contributed by atoms with Crippen molar-refractivity contribution in [3.05, 3.63) is 134 Å². The summed E-state index contributed by atoms with van der Waals surface area (Å²) in [5, 5.41) is 14.5. The van der Waals surface area contributed by atoms with Gasteiger partial charge >= 0.3 is 0 Å². The first-order valence-electron chi connectivity index (χ1n) is 11.2. The number of halogens is 2. The molecule has 1 heterocycles. The maximum atomic E-state index is 13.7. The number of nitrogens with one attached hydrogen (secondary N) is 1. The van der Waals surface area contributed by atoms with Crippen molar-refractivity contribution in [1.82, 2.24) is 5.32 Å². The Morgan fingerprint density at radius 1 is 0.865 bits per heavy atom. The van der Waals surface area contributed by atoms with Crippen LogP contribution in [0.25, 0.3) is 6.08 Å². The Labute approximate surface area is 222 Å². The average molecular weight is 532 g/mol. The van der Waals surface area contributed by atoms with E-state index < -0.39 is 11.1 Å². The molecule has 1 saturated heterocycles. The Hall–Kier alpha value is -4.33. The van der Waals surface area contributed by atoms with Crippen molar-refractivity contribution in [3.63, 3.8) is 0 Å². The van der Waals surface area contributed by atoms with E-state index in [1.165, 1.54) is 17.0 Å². The van der Waals surface area contributed by atoms with Gasteiger partial charge in [0.2, 0.25) is 0 Å². The predicted molar refractivity (Wildman–Crippen MR) is 144 cm³/mol. The van der Waals surface area contributed by atoms with Crippen molar-refractivity contribution >= 4 is 46.6 Å². The van der Waals surface area contributed by atoms with E-state index in [-0.39, 0.29) is 27.3 Å². The summed E-state index contributed by atoms with van der Waals surface area (Å²) in [5.41, 5.74) is 1.74. The van der Waals surface area contributed by atoms with Crippen molar-refractivity contribution in [2.24, 2.45) is 0 Å². The van der Waals surface area contributed by atoms with Gasteiger partial charge < -0.3 is 10.1 Å². The molecule has 0 aliphatic carbocycles. The Morgan fingerprint density at radius 3 is 2.14 bits per heavy atom. The Morgan fingerprint density at radius 2 is 1.49 bits per heavy atom. The number of carbonyl (C=O) groups is 1. The third kappa shape index (κ3) is 5.14. The lowest BCUT2D eigenvalue weighted by Crippen LogP contribution is -2.30. The van der Waals surface area contributed by atoms with E-state index in [9.17, 15) is 14.9 Å². The van der Waals surface area contributed by atoms with E-state index in [2.05, 4.69) is 5.32 Å². The first-order valence-corrected chi connectivity index (χ1v) is 12.0. The van der Waals surface area contributed by atoms with Crippen molar-refractivity contribution in [2.45, 2.75) is 6.17 Å². The second kappa shape index (κ2) is 10.3. The zero-order valence-corrected chi connectivity index (χ0v) is 20.7. The minimum atomic E-state index is -0.639. The van der Waals surface area contributed by atoms with E-state index in [1.807, 2.05) is 84.9 Å². The molecule has 4 aromatic rings. The van der Waals surface area contributed by atoms with Crippen LogP contribution in [0.3, 0.4) is 0 Å². The number of amides is 1. The minimum Gasteiger partial charge on any atom is -0.457 e. The quantitative estimate of drug-likeness (QED) is 0.159. The molecule has 9 heteroatoms. The first kappa shape index (κ1) is 24.4. The maximum absolute atomic E-state index is 13.7. The molecular formula is C28H19Cl2N3O4. The third-order valence-corrected chi connectivity index (χ3v) is 6.29. The van der Waals surface area contributed by atoms with Crippen LogP contribution in [0.1, 0.15) is 17.3 Å². The van der Waals surface area contributed by atoms with Crippen molar-refractivity contribution < 1.29 is 14.5 Å². The van der Waals surface area contributed by atoms with E-state index in [0.29, 0.717) is 17.2 Å². The summed E-state index contributed by atoms with van der Waals surface area (Å²) in [5.74, 6) is 0.921. The monoisotopic (exact) mass is 531 g/mol. The molecule has 1 aliphatic rings. The SMILES string of the molecule is O=C1/C(=C/c2cccc(Oc3ccccc3)c2)NC(c2ccccc2)N1c1c(Cl)cc([N+](=O)[O-])cc1Cl. The number of non-ortho nitro benzene ring substituents is 1. The van der Waals surface area contributed by atoms with Crippen LogP contribution in [0, 0.1) is 10.1 Å². The molecule has 1 N–H and O–H groups in total. The summed E-state index contributed by atoms with van der Waals surface area (Å²) >= 11 is 12.9. The summed E-state index contributed by atoms with van der Waals surface area (Å²) in [6.45, 7) is 0. The third-order valence-electron chi connectivity index (χ3n) is 5.72. The second-order valence-electron chi connectivity index (χ2n) is 8.19. The number of rotatable bonds is 6. The number of hydrogen-bond acceptors (Lipinski definition) is 5. The van der Waals surface area contributed by atoms with Gasteiger partial charge in [0.15, 0.2) is 0 Å². The van der Waals surface area contributed by atoms with Crippen LogP contribution in [0.15, 0.2) is 103 Å². The normalized spacial score (nSPS) is 16.1. The topological polar surface area (TPSA) is 84.7 Å². The average Bonchev–Trinajstić information content (AvgIpc) is 3.20. The number of hydrogen-bond donors (Lipinski definition) is 1. The largest absolute Gasteiger partial charge is 0.457 e. The van der Waals surface area contributed by atoms with Crippen LogP contribution in [-0.4, -0.2) is 10.8 Å². The van der Waals surface area contributed by atoms with Gasteiger partial charge in [0.25, 0.3) is 11.6 Å². The predicted octanol–water partition coefficient (Wildman–Crippen LogP) is 7.37. The van der Waals surface area contributed by atoms with E-state index >= 15 is 0 Å². The molecule has 37 heavy (non-hydrogen) atoms. The number of para-hydroxylation sites is 1. The van der Waals surface area contributed by atoms with Crippen LogP contribution in [0.2, 0.25) is 10.0 Å². The van der Waals surface area contributed by atoms with E-state index in [0.717, 1.165) is 11.1 Å². The smallest absolute Gasteiger partial charge is 0.276 e. The second-order valence-corrected chi connectivity index (χ2v) is 9.01. The number of nitrogens with zero attached hydrogens (tertiary/aromatic N) is 2. The molecule has 0 saturated carbocycles. The molecule has 1 amide bonds. The summed E-state index contributed by atoms with van der Waals surface area (Å²) in [7, 11) is 0. The Balaban J connectivity index is 1.54. The number of benzene rings is 4. The molecule has 0 spiro atoms. The van der Waals surface area contributed by atoms with Crippen LogP contribution in [0.5, 0.6) is 11.5 Å². The Bertz CT molecular complexity index is 1490. The molecule has 1 unspecified atom stereocenters. The van der Waals surface area contributed by atoms with E-state index in [1.54, 1.807) is 6.08 Å². The highest BCUT2D eigenvalue weighted by atomic mass is 35.5. The number of ether oxygens (including phenoxy) is 1. The summed E-state index contributed by atoms with van der Waals surface area (Å²) in [4.78, 5) is 25.8.